The molecule has 1 rings (SSSR count). The van der Waals surface area contributed by atoms with Crippen LogP contribution in [-0.4, -0.2) is 17.8 Å². The van der Waals surface area contributed by atoms with Gasteiger partial charge in [-0.2, -0.15) is 18.4 Å². The highest BCUT2D eigenvalue weighted by molar-refractivity contribution is 5.10. The molecule has 0 saturated heterocycles. The molecule has 1 atom stereocenters. The molecule has 1 unspecified atom stereocenters. The van der Waals surface area contributed by atoms with Gasteiger partial charge >= 0.3 is 6.18 Å². The minimum atomic E-state index is -4.51. The molecule has 5 heteroatoms. The lowest BCUT2D eigenvalue weighted by molar-refractivity contribution is -0.176. The fourth-order valence-electron chi connectivity index (χ4n) is 1.66. The highest BCUT2D eigenvalue weighted by Crippen LogP contribution is 2.32. The van der Waals surface area contributed by atoms with Crippen LogP contribution in [0.5, 0.6) is 0 Å². The summed E-state index contributed by atoms with van der Waals surface area (Å²) in [4.78, 5) is 0. The van der Waals surface area contributed by atoms with E-state index >= 15 is 0 Å². The van der Waals surface area contributed by atoms with E-state index in [1.807, 2.05) is 0 Å². The highest BCUT2D eigenvalue weighted by Gasteiger charge is 2.52. The van der Waals surface area contributed by atoms with Crippen LogP contribution < -0.4 is 5.32 Å². The molecule has 1 aliphatic carbocycles. The van der Waals surface area contributed by atoms with Gasteiger partial charge in [-0.25, -0.2) is 0 Å². The van der Waals surface area contributed by atoms with Gasteiger partial charge in [0.1, 0.15) is 0 Å². The molecule has 14 heavy (non-hydrogen) atoms. The summed E-state index contributed by atoms with van der Waals surface area (Å²) in [6.45, 7) is 0.894. The third-order valence-corrected chi connectivity index (χ3v) is 2.64. The Kier molecular flexibility index (Phi) is 3.05. The Morgan fingerprint density at radius 2 is 1.79 bits per heavy atom. The van der Waals surface area contributed by atoms with Gasteiger partial charge in [-0.05, 0) is 19.8 Å². The van der Waals surface area contributed by atoms with Crippen LogP contribution in [0.25, 0.3) is 0 Å². The largest absolute Gasteiger partial charge is 0.419 e. The third-order valence-electron chi connectivity index (χ3n) is 2.64. The molecule has 0 bridgehead atoms. The van der Waals surface area contributed by atoms with Crippen molar-refractivity contribution in [1.29, 1.82) is 5.26 Å². The van der Waals surface area contributed by atoms with Crippen molar-refractivity contribution in [3.05, 3.63) is 0 Å². The first-order valence-electron chi connectivity index (χ1n) is 4.65. The van der Waals surface area contributed by atoms with Crippen LogP contribution in [0.1, 0.15) is 32.6 Å². The van der Waals surface area contributed by atoms with E-state index in [1.54, 1.807) is 0 Å². The molecule has 0 amide bonds. The summed E-state index contributed by atoms with van der Waals surface area (Å²) < 4.78 is 37.4. The van der Waals surface area contributed by atoms with Crippen molar-refractivity contribution >= 4 is 0 Å². The molecule has 1 saturated carbocycles. The summed E-state index contributed by atoms with van der Waals surface area (Å²) >= 11 is 0. The average Bonchev–Trinajstić information content (AvgIpc) is 2.54. The maximum atomic E-state index is 12.5. The zero-order valence-electron chi connectivity index (χ0n) is 7.99. The second kappa shape index (κ2) is 3.77. The SMILES string of the molecule is CC(C#N)(NC1CCCC1)C(F)(F)F. The van der Waals surface area contributed by atoms with Crippen LogP contribution in [0.2, 0.25) is 0 Å². The molecule has 1 fully saturated rings. The van der Waals surface area contributed by atoms with E-state index in [2.05, 4.69) is 5.32 Å². The Morgan fingerprint density at radius 3 is 2.14 bits per heavy atom. The predicted octanol–water partition coefficient (Wildman–Crippen LogP) is 2.36. The molecule has 0 heterocycles. The molecule has 0 aromatic carbocycles. The fraction of sp³-hybridized carbons (Fsp3) is 0.889. The van der Waals surface area contributed by atoms with Gasteiger partial charge in [0.15, 0.2) is 5.54 Å². The number of rotatable bonds is 2. The zero-order chi connectivity index (χ0) is 10.8. The smallest absolute Gasteiger partial charge is 0.289 e. The molecule has 80 valence electrons. The second-order valence-electron chi connectivity index (χ2n) is 3.86. The standard InChI is InChI=1S/C9H13F3N2/c1-8(6-13,9(10,11)12)14-7-4-2-3-5-7/h7,14H,2-5H2,1H3. The van der Waals surface area contributed by atoms with E-state index in [0.717, 1.165) is 32.6 Å². The van der Waals surface area contributed by atoms with Gasteiger partial charge in [0.25, 0.3) is 0 Å². The minimum Gasteiger partial charge on any atom is -0.289 e. The quantitative estimate of drug-likeness (QED) is 0.752. The molecule has 0 aliphatic heterocycles. The summed E-state index contributed by atoms with van der Waals surface area (Å²) in [6.07, 6.45) is -1.17. The predicted molar refractivity (Wildman–Crippen MR) is 45.5 cm³/mol. The Hall–Kier alpha value is -0.760. The Balaban J connectivity index is 2.66. The van der Waals surface area contributed by atoms with Crippen molar-refractivity contribution in [1.82, 2.24) is 5.32 Å². The van der Waals surface area contributed by atoms with E-state index in [9.17, 15) is 13.2 Å². The van der Waals surface area contributed by atoms with Gasteiger partial charge in [-0.15, -0.1) is 0 Å². The number of hydrogen-bond acceptors (Lipinski definition) is 2. The first kappa shape index (κ1) is 11.3. The normalized spacial score (nSPS) is 23.1. The zero-order valence-corrected chi connectivity index (χ0v) is 7.99. The average molecular weight is 206 g/mol. The molecule has 2 nitrogen and oxygen atoms in total. The summed E-state index contributed by atoms with van der Waals surface area (Å²) in [6, 6.07) is 1.14. The van der Waals surface area contributed by atoms with Gasteiger partial charge in [0.05, 0.1) is 6.07 Å². The third kappa shape index (κ3) is 2.18. The molecular weight excluding hydrogens is 193 g/mol. The van der Waals surface area contributed by atoms with E-state index in [0.29, 0.717) is 0 Å². The van der Waals surface area contributed by atoms with E-state index in [1.165, 1.54) is 6.07 Å². The van der Waals surface area contributed by atoms with Crippen molar-refractivity contribution in [3.63, 3.8) is 0 Å². The monoisotopic (exact) mass is 206 g/mol. The number of nitrogens with one attached hydrogen (secondary N) is 1. The number of halogens is 3. The number of nitrogens with zero attached hydrogens (tertiary/aromatic N) is 1. The van der Waals surface area contributed by atoms with Crippen LogP contribution in [-0.2, 0) is 0 Å². The first-order valence-corrected chi connectivity index (χ1v) is 4.65. The maximum Gasteiger partial charge on any atom is 0.419 e. The number of nitriles is 1. The van der Waals surface area contributed by atoms with Crippen LogP contribution in [0.4, 0.5) is 13.2 Å². The van der Waals surface area contributed by atoms with Gasteiger partial charge in [0, 0.05) is 6.04 Å². The molecule has 0 spiro atoms. The van der Waals surface area contributed by atoms with Gasteiger partial charge < -0.3 is 0 Å². The molecular formula is C9H13F3N2. The minimum absolute atomic E-state index is 0.165. The summed E-state index contributed by atoms with van der Waals surface area (Å²) in [5, 5.41) is 10.9. The van der Waals surface area contributed by atoms with Crippen molar-refractivity contribution in [2.45, 2.75) is 50.4 Å². The molecule has 1 N–H and O–H groups in total. The van der Waals surface area contributed by atoms with Crippen molar-refractivity contribution in [2.24, 2.45) is 0 Å². The number of alkyl halides is 3. The van der Waals surface area contributed by atoms with E-state index < -0.39 is 11.7 Å². The lowest BCUT2D eigenvalue weighted by atomic mass is 10.0. The van der Waals surface area contributed by atoms with Gasteiger partial charge in [0.2, 0.25) is 0 Å². The van der Waals surface area contributed by atoms with E-state index in [4.69, 9.17) is 5.26 Å². The van der Waals surface area contributed by atoms with E-state index in [-0.39, 0.29) is 6.04 Å². The van der Waals surface area contributed by atoms with Gasteiger partial charge in [-0.3, -0.25) is 5.32 Å². The lowest BCUT2D eigenvalue weighted by Crippen LogP contribution is -2.56. The fourth-order valence-corrected chi connectivity index (χ4v) is 1.66. The van der Waals surface area contributed by atoms with Crippen LogP contribution >= 0.6 is 0 Å². The van der Waals surface area contributed by atoms with Crippen LogP contribution in [0.15, 0.2) is 0 Å². The maximum absolute atomic E-state index is 12.5. The van der Waals surface area contributed by atoms with Crippen molar-refractivity contribution in [2.75, 3.05) is 0 Å². The van der Waals surface area contributed by atoms with Gasteiger partial charge in [-0.1, -0.05) is 12.8 Å². The lowest BCUT2D eigenvalue weighted by Gasteiger charge is -2.29. The molecule has 0 radical (unpaired) electrons. The van der Waals surface area contributed by atoms with Crippen molar-refractivity contribution in [3.8, 4) is 6.07 Å². The first-order chi connectivity index (χ1) is 6.39. The van der Waals surface area contributed by atoms with Crippen molar-refractivity contribution < 1.29 is 13.2 Å². The molecule has 1 aliphatic rings. The summed E-state index contributed by atoms with van der Waals surface area (Å²) in [7, 11) is 0. The summed E-state index contributed by atoms with van der Waals surface area (Å²) in [5.74, 6) is 0. The Labute approximate surface area is 81.1 Å². The Morgan fingerprint density at radius 1 is 1.29 bits per heavy atom. The molecule has 0 aromatic heterocycles. The van der Waals surface area contributed by atoms with Crippen LogP contribution in [0.3, 0.4) is 0 Å². The molecule has 0 aromatic rings. The highest BCUT2D eigenvalue weighted by atomic mass is 19.4. The van der Waals surface area contributed by atoms with Crippen LogP contribution in [0, 0.1) is 11.3 Å². The number of hydrogen-bond donors (Lipinski definition) is 1. The summed E-state index contributed by atoms with van der Waals surface area (Å²) in [5.41, 5.74) is -2.40. The second-order valence-corrected chi connectivity index (χ2v) is 3.86. The Bertz CT molecular complexity index is 237. The topological polar surface area (TPSA) is 35.8 Å².